The van der Waals surface area contributed by atoms with Crippen LogP contribution < -0.4 is 10.6 Å². The molecule has 29 heavy (non-hydrogen) atoms. The Morgan fingerprint density at radius 2 is 1.59 bits per heavy atom. The maximum atomic E-state index is 12.6. The SMILES string of the molecule is O=C(NCc1ccnc(-n2cccn2)c1)NC(c1ccccc1)c1ccccc1. The van der Waals surface area contributed by atoms with E-state index in [1.807, 2.05) is 85.1 Å². The molecule has 0 unspecified atom stereocenters. The maximum absolute atomic E-state index is 12.6. The minimum absolute atomic E-state index is 0.227. The van der Waals surface area contributed by atoms with Gasteiger partial charge in [-0.25, -0.2) is 14.5 Å². The quantitative estimate of drug-likeness (QED) is 0.531. The highest BCUT2D eigenvalue weighted by atomic mass is 16.2. The number of rotatable bonds is 6. The number of urea groups is 1. The predicted octanol–water partition coefficient (Wildman–Crippen LogP) is 3.86. The van der Waals surface area contributed by atoms with E-state index in [0.717, 1.165) is 16.7 Å². The molecule has 0 radical (unpaired) electrons. The first kappa shape index (κ1) is 18.4. The van der Waals surface area contributed by atoms with Crippen LogP contribution in [-0.2, 0) is 6.54 Å². The molecule has 0 bridgehead atoms. The number of amides is 2. The van der Waals surface area contributed by atoms with Crippen LogP contribution in [0.3, 0.4) is 0 Å². The molecule has 0 aliphatic carbocycles. The Balaban J connectivity index is 1.44. The van der Waals surface area contributed by atoms with E-state index in [-0.39, 0.29) is 12.1 Å². The number of benzene rings is 2. The van der Waals surface area contributed by atoms with Gasteiger partial charge >= 0.3 is 6.03 Å². The van der Waals surface area contributed by atoms with E-state index in [9.17, 15) is 4.79 Å². The molecule has 2 aromatic heterocycles. The van der Waals surface area contributed by atoms with E-state index in [2.05, 4.69) is 20.7 Å². The third kappa shape index (κ3) is 4.68. The number of hydrogen-bond donors (Lipinski definition) is 2. The van der Waals surface area contributed by atoms with Gasteiger partial charge in [-0.3, -0.25) is 0 Å². The van der Waals surface area contributed by atoms with Gasteiger partial charge in [0.2, 0.25) is 0 Å². The van der Waals surface area contributed by atoms with Gasteiger partial charge in [-0.2, -0.15) is 5.10 Å². The number of carbonyl (C=O) groups is 1. The lowest BCUT2D eigenvalue weighted by atomic mass is 9.99. The average molecular weight is 383 g/mol. The minimum Gasteiger partial charge on any atom is -0.334 e. The zero-order chi connectivity index (χ0) is 19.9. The second-order valence-electron chi connectivity index (χ2n) is 6.55. The number of nitrogens with zero attached hydrogens (tertiary/aromatic N) is 3. The lowest BCUT2D eigenvalue weighted by Crippen LogP contribution is -2.38. The van der Waals surface area contributed by atoms with Crippen LogP contribution >= 0.6 is 0 Å². The van der Waals surface area contributed by atoms with Gasteiger partial charge in [0.25, 0.3) is 0 Å². The molecule has 144 valence electrons. The largest absolute Gasteiger partial charge is 0.334 e. The number of hydrogen-bond acceptors (Lipinski definition) is 3. The summed E-state index contributed by atoms with van der Waals surface area (Å²) in [5.41, 5.74) is 2.99. The molecule has 0 fully saturated rings. The first-order valence-corrected chi connectivity index (χ1v) is 9.39. The van der Waals surface area contributed by atoms with Crippen molar-refractivity contribution in [1.82, 2.24) is 25.4 Å². The zero-order valence-corrected chi connectivity index (χ0v) is 15.8. The van der Waals surface area contributed by atoms with E-state index in [4.69, 9.17) is 0 Å². The summed E-state index contributed by atoms with van der Waals surface area (Å²) in [6.45, 7) is 0.388. The molecule has 2 N–H and O–H groups in total. The molecular formula is C23H21N5O. The normalized spacial score (nSPS) is 10.7. The minimum atomic E-state index is -0.236. The molecule has 0 atom stereocenters. The highest BCUT2D eigenvalue weighted by Gasteiger charge is 2.16. The Hall–Kier alpha value is -3.93. The van der Waals surface area contributed by atoms with Gasteiger partial charge < -0.3 is 10.6 Å². The molecule has 4 aromatic rings. The molecule has 2 amide bonds. The van der Waals surface area contributed by atoms with Gasteiger partial charge in [0.15, 0.2) is 5.82 Å². The van der Waals surface area contributed by atoms with Gasteiger partial charge in [0, 0.05) is 25.1 Å². The van der Waals surface area contributed by atoms with Crippen molar-refractivity contribution in [2.45, 2.75) is 12.6 Å². The van der Waals surface area contributed by atoms with Crippen molar-refractivity contribution in [3.63, 3.8) is 0 Å². The smallest absolute Gasteiger partial charge is 0.315 e. The molecule has 0 saturated carbocycles. The molecule has 0 aliphatic rings. The van der Waals surface area contributed by atoms with Crippen molar-refractivity contribution < 1.29 is 4.79 Å². The van der Waals surface area contributed by atoms with E-state index in [1.165, 1.54) is 0 Å². The van der Waals surface area contributed by atoms with Crippen LogP contribution in [0.1, 0.15) is 22.7 Å². The number of nitrogens with one attached hydrogen (secondary N) is 2. The lowest BCUT2D eigenvalue weighted by Gasteiger charge is -2.20. The Morgan fingerprint density at radius 3 is 2.21 bits per heavy atom. The fourth-order valence-corrected chi connectivity index (χ4v) is 3.11. The number of carbonyl (C=O) groups excluding carboxylic acids is 1. The molecule has 2 heterocycles. The van der Waals surface area contributed by atoms with Gasteiger partial charge in [-0.05, 0) is 34.9 Å². The van der Waals surface area contributed by atoms with E-state index < -0.39 is 0 Å². The zero-order valence-electron chi connectivity index (χ0n) is 15.8. The van der Waals surface area contributed by atoms with E-state index in [0.29, 0.717) is 12.4 Å². The van der Waals surface area contributed by atoms with Gasteiger partial charge in [0.05, 0.1) is 6.04 Å². The van der Waals surface area contributed by atoms with Crippen LogP contribution in [0.4, 0.5) is 4.79 Å². The van der Waals surface area contributed by atoms with Crippen molar-refractivity contribution in [3.8, 4) is 5.82 Å². The summed E-state index contributed by atoms with van der Waals surface area (Å²) < 4.78 is 1.68. The summed E-state index contributed by atoms with van der Waals surface area (Å²) in [7, 11) is 0. The maximum Gasteiger partial charge on any atom is 0.315 e. The van der Waals surface area contributed by atoms with Crippen LogP contribution in [0.5, 0.6) is 0 Å². The summed E-state index contributed by atoms with van der Waals surface area (Å²) in [6.07, 6.45) is 5.24. The summed E-state index contributed by atoms with van der Waals surface area (Å²) in [5, 5.41) is 10.2. The van der Waals surface area contributed by atoms with Crippen molar-refractivity contribution >= 4 is 6.03 Å². The summed E-state index contributed by atoms with van der Waals surface area (Å²) in [4.78, 5) is 16.9. The molecular weight excluding hydrogens is 362 g/mol. The van der Waals surface area contributed by atoms with Gasteiger partial charge in [0.1, 0.15) is 0 Å². The topological polar surface area (TPSA) is 71.8 Å². The molecule has 2 aromatic carbocycles. The van der Waals surface area contributed by atoms with Crippen molar-refractivity contribution in [2.75, 3.05) is 0 Å². The lowest BCUT2D eigenvalue weighted by molar-refractivity contribution is 0.238. The van der Waals surface area contributed by atoms with Crippen LogP contribution in [0.2, 0.25) is 0 Å². The van der Waals surface area contributed by atoms with Crippen LogP contribution in [-0.4, -0.2) is 20.8 Å². The molecule has 0 spiro atoms. The Morgan fingerprint density at radius 1 is 0.897 bits per heavy atom. The molecule has 0 aliphatic heterocycles. The Kier molecular flexibility index (Phi) is 5.62. The van der Waals surface area contributed by atoms with Crippen molar-refractivity contribution in [1.29, 1.82) is 0 Å². The highest BCUT2D eigenvalue weighted by molar-refractivity contribution is 5.75. The van der Waals surface area contributed by atoms with Crippen molar-refractivity contribution in [2.24, 2.45) is 0 Å². The highest BCUT2D eigenvalue weighted by Crippen LogP contribution is 2.21. The standard InChI is InChI=1S/C23H21N5O/c29-23(25-17-18-12-14-24-21(16-18)28-15-7-13-26-28)27-22(19-8-3-1-4-9-19)20-10-5-2-6-11-20/h1-16,22H,17H2,(H2,25,27,29). The van der Waals surface area contributed by atoms with Gasteiger partial charge in [-0.1, -0.05) is 60.7 Å². The summed E-state index contributed by atoms with van der Waals surface area (Å²) >= 11 is 0. The van der Waals surface area contributed by atoms with E-state index in [1.54, 1.807) is 17.1 Å². The Labute approximate surface area is 169 Å². The first-order chi connectivity index (χ1) is 14.3. The molecule has 6 nitrogen and oxygen atoms in total. The summed E-state index contributed by atoms with van der Waals surface area (Å²) in [5.74, 6) is 0.709. The van der Waals surface area contributed by atoms with E-state index >= 15 is 0 Å². The fraction of sp³-hybridized carbons (Fsp3) is 0.0870. The van der Waals surface area contributed by atoms with Crippen molar-refractivity contribution in [3.05, 3.63) is 114 Å². The Bertz CT molecular complexity index is 1010. The third-order valence-corrected chi connectivity index (χ3v) is 4.54. The van der Waals surface area contributed by atoms with Crippen LogP contribution in [0.25, 0.3) is 5.82 Å². The first-order valence-electron chi connectivity index (χ1n) is 9.39. The number of aromatic nitrogens is 3. The predicted molar refractivity (Wildman–Crippen MR) is 111 cm³/mol. The molecule has 0 saturated heterocycles. The molecule has 4 rings (SSSR count). The van der Waals surface area contributed by atoms with Crippen LogP contribution in [0, 0.1) is 0 Å². The average Bonchev–Trinajstić information content (AvgIpc) is 3.33. The second kappa shape index (κ2) is 8.84. The van der Waals surface area contributed by atoms with Crippen LogP contribution in [0.15, 0.2) is 97.5 Å². The summed E-state index contributed by atoms with van der Waals surface area (Å²) in [6, 6.07) is 25.0. The monoisotopic (exact) mass is 383 g/mol. The third-order valence-electron chi connectivity index (χ3n) is 4.54. The number of pyridine rings is 1. The molecule has 6 heteroatoms. The second-order valence-corrected chi connectivity index (χ2v) is 6.55. The van der Waals surface area contributed by atoms with Gasteiger partial charge in [-0.15, -0.1) is 0 Å². The fourth-order valence-electron chi connectivity index (χ4n) is 3.11.